The van der Waals surface area contributed by atoms with Gasteiger partial charge >= 0.3 is 0 Å². The number of hydrogen-bond donors (Lipinski definition) is 0. The Bertz CT molecular complexity index is 355. The Hall–Kier alpha value is -1.64. The SMILES string of the molecule is C=C1c2cccnc2N=CN1C. The normalized spacial score (nSPS) is 14.8. The van der Waals surface area contributed by atoms with E-state index in [0.717, 1.165) is 17.1 Å². The largest absolute Gasteiger partial charge is 0.335 e. The van der Waals surface area contributed by atoms with Gasteiger partial charge < -0.3 is 4.90 Å². The van der Waals surface area contributed by atoms with Crippen molar-refractivity contribution in [2.45, 2.75) is 0 Å². The number of aliphatic imine (C=N–C) groups is 1. The van der Waals surface area contributed by atoms with E-state index in [0.29, 0.717) is 0 Å². The first-order valence-corrected chi connectivity index (χ1v) is 3.70. The molecule has 1 aliphatic rings. The Morgan fingerprint density at radius 1 is 1.50 bits per heavy atom. The van der Waals surface area contributed by atoms with Gasteiger partial charge in [-0.05, 0) is 12.1 Å². The van der Waals surface area contributed by atoms with Crippen LogP contribution in [0.5, 0.6) is 0 Å². The molecule has 0 amide bonds. The monoisotopic (exact) mass is 159 g/mol. The molecule has 0 saturated carbocycles. The molecule has 0 radical (unpaired) electrons. The van der Waals surface area contributed by atoms with E-state index >= 15 is 0 Å². The fourth-order valence-corrected chi connectivity index (χ4v) is 1.13. The zero-order valence-corrected chi connectivity index (χ0v) is 6.86. The van der Waals surface area contributed by atoms with Gasteiger partial charge in [0.05, 0.1) is 6.34 Å². The molecule has 0 bridgehead atoms. The van der Waals surface area contributed by atoms with Crippen molar-refractivity contribution < 1.29 is 0 Å². The summed E-state index contributed by atoms with van der Waals surface area (Å²) in [5, 5.41) is 0. The van der Waals surface area contributed by atoms with Gasteiger partial charge in [0.1, 0.15) is 0 Å². The minimum atomic E-state index is 0.751. The molecule has 3 heteroatoms. The molecule has 0 aromatic carbocycles. The molecule has 3 nitrogen and oxygen atoms in total. The topological polar surface area (TPSA) is 28.5 Å². The first-order valence-electron chi connectivity index (χ1n) is 3.70. The number of rotatable bonds is 0. The van der Waals surface area contributed by atoms with Crippen LogP contribution < -0.4 is 0 Å². The summed E-state index contributed by atoms with van der Waals surface area (Å²) in [5.74, 6) is 0.751. The summed E-state index contributed by atoms with van der Waals surface area (Å²) in [6, 6.07) is 3.86. The van der Waals surface area contributed by atoms with Crippen molar-refractivity contribution in [3.8, 4) is 0 Å². The summed E-state index contributed by atoms with van der Waals surface area (Å²) in [7, 11) is 1.92. The average Bonchev–Trinajstić information content (AvgIpc) is 2.12. The Morgan fingerprint density at radius 2 is 2.33 bits per heavy atom. The van der Waals surface area contributed by atoms with Gasteiger partial charge in [0.2, 0.25) is 0 Å². The molecule has 1 aromatic heterocycles. The maximum absolute atomic E-state index is 4.15. The summed E-state index contributed by atoms with van der Waals surface area (Å²) in [4.78, 5) is 10.2. The van der Waals surface area contributed by atoms with Gasteiger partial charge in [0.25, 0.3) is 0 Å². The van der Waals surface area contributed by atoms with E-state index in [4.69, 9.17) is 0 Å². The predicted octanol–water partition coefficient (Wildman–Crippen LogP) is 1.66. The first kappa shape index (κ1) is 7.03. The molecule has 12 heavy (non-hydrogen) atoms. The molecule has 0 atom stereocenters. The van der Waals surface area contributed by atoms with E-state index in [-0.39, 0.29) is 0 Å². The van der Waals surface area contributed by atoms with Crippen molar-refractivity contribution in [3.05, 3.63) is 30.5 Å². The van der Waals surface area contributed by atoms with E-state index in [1.54, 1.807) is 12.5 Å². The summed E-state index contributed by atoms with van der Waals surface area (Å²) < 4.78 is 0. The van der Waals surface area contributed by atoms with Crippen molar-refractivity contribution in [1.29, 1.82) is 0 Å². The number of aromatic nitrogens is 1. The number of nitrogens with zero attached hydrogens (tertiary/aromatic N) is 3. The Kier molecular flexibility index (Phi) is 1.43. The second-order valence-corrected chi connectivity index (χ2v) is 2.68. The van der Waals surface area contributed by atoms with Gasteiger partial charge in [0, 0.05) is 24.5 Å². The van der Waals surface area contributed by atoms with Crippen LogP contribution in [0.1, 0.15) is 5.56 Å². The van der Waals surface area contributed by atoms with Crippen LogP contribution >= 0.6 is 0 Å². The van der Waals surface area contributed by atoms with Crippen LogP contribution in [-0.2, 0) is 0 Å². The van der Waals surface area contributed by atoms with Gasteiger partial charge in [0.15, 0.2) is 5.82 Å². The third kappa shape index (κ3) is 0.906. The lowest BCUT2D eigenvalue weighted by atomic mass is 10.2. The molecule has 1 aliphatic heterocycles. The molecular weight excluding hydrogens is 150 g/mol. The van der Waals surface area contributed by atoms with E-state index in [2.05, 4.69) is 16.6 Å². The fraction of sp³-hybridized carbons (Fsp3) is 0.111. The molecule has 0 N–H and O–H groups in total. The van der Waals surface area contributed by atoms with Crippen molar-refractivity contribution in [2.24, 2.45) is 4.99 Å². The lowest BCUT2D eigenvalue weighted by molar-refractivity contribution is 0.733. The van der Waals surface area contributed by atoms with Crippen molar-refractivity contribution in [1.82, 2.24) is 9.88 Å². The smallest absolute Gasteiger partial charge is 0.162 e. The van der Waals surface area contributed by atoms with Crippen LogP contribution in [-0.4, -0.2) is 23.3 Å². The predicted molar refractivity (Wildman–Crippen MR) is 49.2 cm³/mol. The van der Waals surface area contributed by atoms with Crippen LogP contribution in [0.3, 0.4) is 0 Å². The third-order valence-corrected chi connectivity index (χ3v) is 1.88. The second-order valence-electron chi connectivity index (χ2n) is 2.68. The third-order valence-electron chi connectivity index (χ3n) is 1.88. The van der Waals surface area contributed by atoms with Gasteiger partial charge in [-0.25, -0.2) is 9.98 Å². The van der Waals surface area contributed by atoms with Gasteiger partial charge in [-0.2, -0.15) is 0 Å². The Balaban J connectivity index is 2.59. The van der Waals surface area contributed by atoms with Crippen molar-refractivity contribution in [3.63, 3.8) is 0 Å². The zero-order valence-electron chi connectivity index (χ0n) is 6.86. The quantitative estimate of drug-likeness (QED) is 0.576. The molecular formula is C9H9N3. The van der Waals surface area contributed by atoms with Crippen molar-refractivity contribution >= 4 is 17.9 Å². The standard InChI is InChI=1S/C9H9N3/c1-7-8-4-3-5-10-9(8)11-6-12(7)2/h3-6H,1H2,2H3. The average molecular weight is 159 g/mol. The molecule has 0 fully saturated rings. The van der Waals surface area contributed by atoms with Crippen LogP contribution in [0, 0.1) is 0 Å². The van der Waals surface area contributed by atoms with Crippen LogP contribution in [0.4, 0.5) is 5.82 Å². The van der Waals surface area contributed by atoms with Crippen LogP contribution in [0.15, 0.2) is 29.9 Å². The van der Waals surface area contributed by atoms with E-state index in [1.807, 2.05) is 24.1 Å². The van der Waals surface area contributed by atoms with Crippen molar-refractivity contribution in [2.75, 3.05) is 7.05 Å². The number of hydrogen-bond acceptors (Lipinski definition) is 3. The minimum absolute atomic E-state index is 0.751. The molecule has 0 saturated heterocycles. The highest BCUT2D eigenvalue weighted by Crippen LogP contribution is 2.27. The number of fused-ring (bicyclic) bond motifs is 1. The van der Waals surface area contributed by atoms with Gasteiger partial charge in [-0.1, -0.05) is 6.58 Å². The lowest BCUT2D eigenvalue weighted by Crippen LogP contribution is -2.16. The summed E-state index contributed by atoms with van der Waals surface area (Å²) in [6.45, 7) is 3.93. The Labute approximate surface area is 71.1 Å². The highest BCUT2D eigenvalue weighted by Gasteiger charge is 2.12. The molecule has 2 heterocycles. The first-order chi connectivity index (χ1) is 5.79. The molecule has 0 aliphatic carbocycles. The maximum atomic E-state index is 4.15. The minimum Gasteiger partial charge on any atom is -0.335 e. The van der Waals surface area contributed by atoms with Crippen LogP contribution in [0.25, 0.3) is 5.70 Å². The highest BCUT2D eigenvalue weighted by atomic mass is 15.2. The molecule has 0 spiro atoms. The van der Waals surface area contributed by atoms with Gasteiger partial charge in [-0.3, -0.25) is 0 Å². The van der Waals surface area contributed by atoms with E-state index in [1.165, 1.54) is 0 Å². The lowest BCUT2D eigenvalue weighted by Gasteiger charge is -2.21. The molecule has 2 rings (SSSR count). The van der Waals surface area contributed by atoms with E-state index in [9.17, 15) is 0 Å². The fourth-order valence-electron chi connectivity index (χ4n) is 1.13. The van der Waals surface area contributed by atoms with Crippen LogP contribution in [0.2, 0.25) is 0 Å². The summed E-state index contributed by atoms with van der Waals surface area (Å²) in [5.41, 5.74) is 1.94. The van der Waals surface area contributed by atoms with Gasteiger partial charge in [-0.15, -0.1) is 0 Å². The maximum Gasteiger partial charge on any atom is 0.162 e. The number of pyridine rings is 1. The molecule has 1 aromatic rings. The molecule has 60 valence electrons. The Morgan fingerprint density at radius 3 is 3.17 bits per heavy atom. The highest BCUT2D eigenvalue weighted by molar-refractivity contribution is 5.84. The summed E-state index contributed by atoms with van der Waals surface area (Å²) in [6.07, 6.45) is 3.45. The summed E-state index contributed by atoms with van der Waals surface area (Å²) >= 11 is 0. The second kappa shape index (κ2) is 2.44. The zero-order chi connectivity index (χ0) is 8.55. The van der Waals surface area contributed by atoms with E-state index < -0.39 is 0 Å². The molecule has 0 unspecified atom stereocenters.